The molecule has 0 fully saturated rings. The van der Waals surface area contributed by atoms with Crippen LogP contribution in [-0.2, 0) is 5.41 Å². The lowest BCUT2D eigenvalue weighted by atomic mass is 9.81. The van der Waals surface area contributed by atoms with Crippen molar-refractivity contribution in [3.63, 3.8) is 0 Å². The summed E-state index contributed by atoms with van der Waals surface area (Å²) in [6, 6.07) is 59.6. The number of hydrogen-bond acceptors (Lipinski definition) is 2. The van der Waals surface area contributed by atoms with Gasteiger partial charge < -0.3 is 0 Å². The second-order valence-electron chi connectivity index (χ2n) is 15.2. The molecule has 12 rings (SSSR count). The van der Waals surface area contributed by atoms with E-state index in [1.54, 1.807) is 0 Å². The molecule has 2 heteroatoms. The molecule has 1 aliphatic rings. The van der Waals surface area contributed by atoms with Crippen LogP contribution >= 0.6 is 22.7 Å². The minimum Gasteiger partial charge on any atom is -0.135 e. The van der Waals surface area contributed by atoms with Gasteiger partial charge in [-0.05, 0) is 107 Å². The van der Waals surface area contributed by atoms with Crippen LogP contribution in [0.1, 0.15) is 25.0 Å². The summed E-state index contributed by atoms with van der Waals surface area (Å²) in [5, 5.41) is 13.2. The van der Waals surface area contributed by atoms with Crippen molar-refractivity contribution in [3.05, 3.63) is 169 Å². The van der Waals surface area contributed by atoms with Gasteiger partial charge in [0.1, 0.15) is 0 Å². The number of fused-ring (bicyclic) bond motifs is 13. The zero-order valence-electron chi connectivity index (χ0n) is 29.3. The van der Waals surface area contributed by atoms with E-state index in [0.29, 0.717) is 0 Å². The van der Waals surface area contributed by atoms with Crippen LogP contribution in [0.5, 0.6) is 0 Å². The van der Waals surface area contributed by atoms with E-state index in [1.807, 2.05) is 22.7 Å². The highest BCUT2D eigenvalue weighted by Gasteiger charge is 2.35. The fraction of sp³-hybridized carbons (Fsp3) is 0.0588. The lowest BCUT2D eigenvalue weighted by Gasteiger charge is -2.22. The molecule has 0 radical (unpaired) electrons. The second kappa shape index (κ2) is 10.6. The van der Waals surface area contributed by atoms with Crippen molar-refractivity contribution in [2.75, 3.05) is 0 Å². The highest BCUT2D eigenvalue weighted by molar-refractivity contribution is 7.29. The highest BCUT2D eigenvalue weighted by atomic mass is 32.1. The molecule has 0 aliphatic heterocycles. The lowest BCUT2D eigenvalue weighted by molar-refractivity contribution is 0.660. The summed E-state index contributed by atoms with van der Waals surface area (Å²) in [6.45, 7) is 4.72. The minimum atomic E-state index is -0.0128. The Morgan fingerprint density at radius 3 is 1.68 bits per heavy atom. The fourth-order valence-corrected chi connectivity index (χ4v) is 12.1. The molecule has 2 heterocycles. The standard InChI is InChI=1S/C51H32S2/c1-51(2)42-18-10-9-13-33(42)40-26-31(20-23-43(40)51)47-34-14-5-7-16-36(34)48(37-17-8-6-15-35(37)47)32-19-21-39-45(28-32)52-44-24-22-38-41-25-29-11-3-4-12-30(29)27-46(41)53-50(38)49(39)44/h3-28H,1-2H3. The van der Waals surface area contributed by atoms with Gasteiger partial charge in [-0.15, -0.1) is 22.7 Å². The molecule has 0 saturated carbocycles. The van der Waals surface area contributed by atoms with E-state index < -0.39 is 0 Å². The summed E-state index contributed by atoms with van der Waals surface area (Å²) in [7, 11) is 0. The predicted octanol–water partition coefficient (Wildman–Crippen LogP) is 15.5. The van der Waals surface area contributed by atoms with E-state index in [4.69, 9.17) is 0 Å². The van der Waals surface area contributed by atoms with Crippen molar-refractivity contribution in [1.82, 2.24) is 0 Å². The average molecular weight is 709 g/mol. The zero-order valence-corrected chi connectivity index (χ0v) is 31.0. The number of benzene rings is 9. The quantitative estimate of drug-likeness (QED) is 0.157. The number of rotatable bonds is 2. The van der Waals surface area contributed by atoms with Crippen LogP contribution in [0.4, 0.5) is 0 Å². The molecule has 0 atom stereocenters. The predicted molar refractivity (Wildman–Crippen MR) is 233 cm³/mol. The van der Waals surface area contributed by atoms with Crippen LogP contribution in [0.25, 0.3) is 106 Å². The third-order valence-corrected chi connectivity index (χ3v) is 14.3. The molecule has 9 aromatic carbocycles. The maximum absolute atomic E-state index is 2.46. The molecule has 53 heavy (non-hydrogen) atoms. The maximum Gasteiger partial charge on any atom is 0.0448 e. The fourth-order valence-electron chi connectivity index (χ4n) is 9.56. The Labute approximate surface area is 315 Å². The Morgan fingerprint density at radius 2 is 0.943 bits per heavy atom. The van der Waals surface area contributed by atoms with E-state index in [2.05, 4.69) is 172 Å². The molecule has 0 unspecified atom stereocenters. The lowest BCUT2D eigenvalue weighted by Crippen LogP contribution is -2.14. The Bertz CT molecular complexity index is 3310. The van der Waals surface area contributed by atoms with Crippen LogP contribution in [0.2, 0.25) is 0 Å². The van der Waals surface area contributed by atoms with E-state index in [1.165, 1.54) is 117 Å². The summed E-state index contributed by atoms with van der Waals surface area (Å²) in [4.78, 5) is 0. The SMILES string of the molecule is CC1(C)c2ccccc2-c2cc(-c3c4ccccc4c(-c4ccc5c(c4)sc4ccc6c7cc8ccccc8cc7sc6c45)c4ccccc34)ccc21. The van der Waals surface area contributed by atoms with Crippen molar-refractivity contribution >= 4 is 95.3 Å². The first-order valence-electron chi connectivity index (χ1n) is 18.4. The van der Waals surface area contributed by atoms with Crippen LogP contribution in [-0.4, -0.2) is 0 Å². The smallest absolute Gasteiger partial charge is 0.0448 e. The first-order chi connectivity index (χ1) is 26.0. The molecule has 0 nitrogen and oxygen atoms in total. The summed E-state index contributed by atoms with van der Waals surface area (Å²) in [5.41, 5.74) is 10.7. The van der Waals surface area contributed by atoms with Gasteiger partial charge in [0.25, 0.3) is 0 Å². The van der Waals surface area contributed by atoms with Crippen molar-refractivity contribution < 1.29 is 0 Å². The number of hydrogen-bond donors (Lipinski definition) is 0. The Kier molecular flexibility index (Phi) is 5.97. The first kappa shape index (κ1) is 29.7. The van der Waals surface area contributed by atoms with Gasteiger partial charge in [-0.25, -0.2) is 0 Å². The summed E-state index contributed by atoms with van der Waals surface area (Å²) in [6.07, 6.45) is 0. The molecule has 0 bridgehead atoms. The first-order valence-corrected chi connectivity index (χ1v) is 20.1. The normalized spacial score (nSPS) is 13.6. The third-order valence-electron chi connectivity index (χ3n) is 12.0. The molecule has 11 aromatic rings. The van der Waals surface area contributed by atoms with Gasteiger partial charge >= 0.3 is 0 Å². The van der Waals surface area contributed by atoms with Gasteiger partial charge in [-0.3, -0.25) is 0 Å². The van der Waals surface area contributed by atoms with Gasteiger partial charge in [-0.1, -0.05) is 141 Å². The van der Waals surface area contributed by atoms with Gasteiger partial charge in [-0.2, -0.15) is 0 Å². The monoisotopic (exact) mass is 708 g/mol. The molecule has 0 amide bonds. The Hall–Kier alpha value is -5.80. The van der Waals surface area contributed by atoms with Gasteiger partial charge in [0.2, 0.25) is 0 Å². The summed E-state index contributed by atoms with van der Waals surface area (Å²) < 4.78 is 5.45. The molecule has 2 aromatic heterocycles. The minimum absolute atomic E-state index is 0.0128. The van der Waals surface area contributed by atoms with Gasteiger partial charge in [0.15, 0.2) is 0 Å². The van der Waals surface area contributed by atoms with Crippen molar-refractivity contribution in [3.8, 4) is 33.4 Å². The maximum atomic E-state index is 2.46. The largest absolute Gasteiger partial charge is 0.135 e. The van der Waals surface area contributed by atoms with Gasteiger partial charge in [0.05, 0.1) is 0 Å². The summed E-state index contributed by atoms with van der Waals surface area (Å²) >= 11 is 3.86. The van der Waals surface area contributed by atoms with E-state index in [0.717, 1.165) is 0 Å². The van der Waals surface area contributed by atoms with Crippen LogP contribution < -0.4 is 0 Å². The Morgan fingerprint density at radius 1 is 0.377 bits per heavy atom. The molecular formula is C51H32S2. The third kappa shape index (κ3) is 4.05. The summed E-state index contributed by atoms with van der Waals surface area (Å²) in [5.74, 6) is 0. The topological polar surface area (TPSA) is 0 Å². The molecular weight excluding hydrogens is 677 g/mol. The second-order valence-corrected chi connectivity index (χ2v) is 17.3. The molecule has 0 saturated heterocycles. The van der Waals surface area contributed by atoms with Crippen LogP contribution in [0.3, 0.4) is 0 Å². The van der Waals surface area contributed by atoms with E-state index in [-0.39, 0.29) is 5.41 Å². The molecule has 0 spiro atoms. The van der Waals surface area contributed by atoms with Gasteiger partial charge in [0, 0.05) is 45.8 Å². The molecule has 1 aliphatic carbocycles. The molecule has 0 N–H and O–H groups in total. The van der Waals surface area contributed by atoms with Crippen LogP contribution in [0, 0.1) is 0 Å². The number of thiophene rings is 2. The van der Waals surface area contributed by atoms with Crippen LogP contribution in [0.15, 0.2) is 158 Å². The van der Waals surface area contributed by atoms with E-state index >= 15 is 0 Å². The van der Waals surface area contributed by atoms with Crippen molar-refractivity contribution in [1.29, 1.82) is 0 Å². The molecule has 248 valence electrons. The average Bonchev–Trinajstić information content (AvgIpc) is 3.82. The Balaban J connectivity index is 1.08. The zero-order chi connectivity index (χ0) is 35.0. The highest BCUT2D eigenvalue weighted by Crippen LogP contribution is 2.52. The van der Waals surface area contributed by atoms with Crippen molar-refractivity contribution in [2.24, 2.45) is 0 Å². The van der Waals surface area contributed by atoms with E-state index in [9.17, 15) is 0 Å². The van der Waals surface area contributed by atoms with Crippen molar-refractivity contribution in [2.45, 2.75) is 19.3 Å².